The summed E-state index contributed by atoms with van der Waals surface area (Å²) in [6, 6.07) is 15.5. The number of anilines is 1. The number of carbonyl (C=O) groups excluding carboxylic acids is 2. The number of methoxy groups -OCH3 is 1. The number of nitrogens with zero attached hydrogens (tertiary/aromatic N) is 2. The van der Waals surface area contributed by atoms with E-state index in [4.69, 9.17) is 4.74 Å². The summed E-state index contributed by atoms with van der Waals surface area (Å²) in [6.07, 6.45) is 5.07. The van der Waals surface area contributed by atoms with Crippen LogP contribution >= 0.6 is 0 Å². The molecule has 1 spiro atoms. The third-order valence-electron chi connectivity index (χ3n) is 5.42. The van der Waals surface area contributed by atoms with E-state index >= 15 is 0 Å². The van der Waals surface area contributed by atoms with Gasteiger partial charge in [-0.05, 0) is 36.6 Å². The molecule has 0 saturated carbocycles. The van der Waals surface area contributed by atoms with Crippen LogP contribution in [-0.4, -0.2) is 23.8 Å². The molecule has 2 amide bonds. The van der Waals surface area contributed by atoms with E-state index in [0.717, 1.165) is 29.0 Å². The molecule has 0 bridgehead atoms. The van der Waals surface area contributed by atoms with Crippen molar-refractivity contribution in [3.8, 4) is 5.75 Å². The number of ether oxygens (including phenoxy) is 1. The zero-order valence-electron chi connectivity index (χ0n) is 15.5. The first-order valence-corrected chi connectivity index (χ1v) is 9.09. The van der Waals surface area contributed by atoms with Gasteiger partial charge in [0.15, 0.2) is 5.54 Å². The summed E-state index contributed by atoms with van der Waals surface area (Å²) in [6.45, 7) is 1.97. The monoisotopic (exact) mass is 362 g/mol. The number of hydrogen-bond acceptors (Lipinski definition) is 3. The highest BCUT2D eigenvalue weighted by Gasteiger charge is 2.55. The van der Waals surface area contributed by atoms with E-state index in [2.05, 4.69) is 0 Å². The maximum absolute atomic E-state index is 13.7. The van der Waals surface area contributed by atoms with Crippen LogP contribution in [0.15, 0.2) is 60.8 Å². The van der Waals surface area contributed by atoms with E-state index in [1.54, 1.807) is 23.1 Å². The zero-order chi connectivity index (χ0) is 19.0. The Labute approximate surface area is 158 Å². The Morgan fingerprint density at radius 1 is 1.15 bits per heavy atom. The van der Waals surface area contributed by atoms with Crippen LogP contribution in [0.5, 0.6) is 5.75 Å². The van der Waals surface area contributed by atoms with Gasteiger partial charge in [0.1, 0.15) is 5.75 Å². The topological polar surface area (TPSA) is 49.9 Å². The molecular formula is C22H22N2O3. The molecule has 2 aliphatic heterocycles. The lowest BCUT2D eigenvalue weighted by Gasteiger charge is -2.40. The summed E-state index contributed by atoms with van der Waals surface area (Å²) in [5.41, 5.74) is 1.85. The largest absolute Gasteiger partial charge is 0.497 e. The summed E-state index contributed by atoms with van der Waals surface area (Å²) in [7, 11) is 1.63. The van der Waals surface area contributed by atoms with E-state index in [1.165, 1.54) is 6.92 Å². The van der Waals surface area contributed by atoms with Crippen molar-refractivity contribution in [1.29, 1.82) is 0 Å². The number of amides is 2. The van der Waals surface area contributed by atoms with Crippen molar-refractivity contribution in [2.45, 2.75) is 31.8 Å². The van der Waals surface area contributed by atoms with Crippen LogP contribution in [0.4, 0.5) is 5.69 Å². The minimum atomic E-state index is -0.941. The van der Waals surface area contributed by atoms with Gasteiger partial charge in [0, 0.05) is 18.7 Å². The Morgan fingerprint density at radius 2 is 1.89 bits per heavy atom. The van der Waals surface area contributed by atoms with Crippen molar-refractivity contribution < 1.29 is 14.3 Å². The first-order valence-electron chi connectivity index (χ1n) is 9.09. The van der Waals surface area contributed by atoms with Crippen LogP contribution in [0.3, 0.4) is 0 Å². The molecule has 0 saturated heterocycles. The third kappa shape index (κ3) is 2.62. The van der Waals surface area contributed by atoms with Gasteiger partial charge in [-0.25, -0.2) is 0 Å². The molecule has 2 heterocycles. The molecule has 0 N–H and O–H groups in total. The van der Waals surface area contributed by atoms with Crippen LogP contribution in [0.1, 0.15) is 30.9 Å². The Bertz CT molecular complexity index is 919. The molecule has 27 heavy (non-hydrogen) atoms. The van der Waals surface area contributed by atoms with Crippen molar-refractivity contribution in [3.05, 3.63) is 71.9 Å². The summed E-state index contributed by atoms with van der Waals surface area (Å²) in [5.74, 6) is 0.614. The quantitative estimate of drug-likeness (QED) is 0.838. The van der Waals surface area contributed by atoms with Crippen molar-refractivity contribution >= 4 is 17.5 Å². The minimum absolute atomic E-state index is 0.0425. The molecule has 2 aliphatic rings. The van der Waals surface area contributed by atoms with Gasteiger partial charge in [-0.2, -0.15) is 0 Å². The average molecular weight is 362 g/mol. The van der Waals surface area contributed by atoms with Crippen molar-refractivity contribution in [2.75, 3.05) is 12.0 Å². The highest BCUT2D eigenvalue weighted by molar-refractivity contribution is 6.09. The number of carbonyl (C=O) groups is 2. The van der Waals surface area contributed by atoms with E-state index < -0.39 is 5.54 Å². The lowest BCUT2D eigenvalue weighted by Crippen LogP contribution is -2.53. The molecule has 0 aliphatic carbocycles. The molecule has 2 aromatic carbocycles. The van der Waals surface area contributed by atoms with Gasteiger partial charge < -0.3 is 14.5 Å². The second-order valence-corrected chi connectivity index (χ2v) is 6.93. The summed E-state index contributed by atoms with van der Waals surface area (Å²) in [5, 5.41) is 0. The van der Waals surface area contributed by atoms with Crippen molar-refractivity contribution in [3.63, 3.8) is 0 Å². The lowest BCUT2D eigenvalue weighted by atomic mass is 9.83. The summed E-state index contributed by atoms with van der Waals surface area (Å²) in [4.78, 5) is 29.4. The smallest absolute Gasteiger partial charge is 0.258 e. The summed E-state index contributed by atoms with van der Waals surface area (Å²) >= 11 is 0. The van der Waals surface area contributed by atoms with Crippen LogP contribution < -0.4 is 9.64 Å². The predicted octanol–water partition coefficient (Wildman–Crippen LogP) is 3.59. The van der Waals surface area contributed by atoms with Crippen LogP contribution in [0, 0.1) is 0 Å². The fourth-order valence-electron chi connectivity index (χ4n) is 4.15. The number of rotatable bonds is 3. The zero-order valence-corrected chi connectivity index (χ0v) is 15.5. The molecule has 2 aromatic rings. The van der Waals surface area contributed by atoms with Gasteiger partial charge in [0.25, 0.3) is 5.91 Å². The summed E-state index contributed by atoms with van der Waals surface area (Å²) < 4.78 is 5.21. The molecule has 0 radical (unpaired) electrons. The Kier molecular flexibility index (Phi) is 4.22. The van der Waals surface area contributed by atoms with Crippen LogP contribution in [-0.2, 0) is 21.7 Å². The normalized spacial score (nSPS) is 20.9. The average Bonchev–Trinajstić information content (AvgIpc) is 2.92. The van der Waals surface area contributed by atoms with Gasteiger partial charge in [-0.1, -0.05) is 36.4 Å². The maximum Gasteiger partial charge on any atom is 0.258 e. The molecular weight excluding hydrogens is 340 g/mol. The van der Waals surface area contributed by atoms with Gasteiger partial charge in [0.2, 0.25) is 5.91 Å². The van der Waals surface area contributed by atoms with Crippen molar-refractivity contribution in [1.82, 2.24) is 4.90 Å². The highest BCUT2D eigenvalue weighted by Crippen LogP contribution is 2.49. The predicted molar refractivity (Wildman–Crippen MR) is 103 cm³/mol. The fourth-order valence-corrected chi connectivity index (χ4v) is 4.15. The molecule has 0 aromatic heterocycles. The van der Waals surface area contributed by atoms with E-state index in [9.17, 15) is 9.59 Å². The second kappa shape index (κ2) is 6.58. The molecule has 138 valence electrons. The fraction of sp³-hybridized carbons (Fsp3) is 0.273. The van der Waals surface area contributed by atoms with Gasteiger partial charge in [0.05, 0.1) is 19.3 Å². The van der Waals surface area contributed by atoms with Crippen LogP contribution in [0.2, 0.25) is 0 Å². The first kappa shape index (κ1) is 17.3. The Hall–Kier alpha value is -3.08. The second-order valence-electron chi connectivity index (χ2n) is 6.93. The molecule has 0 fully saturated rings. The molecule has 5 heteroatoms. The maximum atomic E-state index is 13.7. The lowest BCUT2D eigenvalue weighted by molar-refractivity contribution is -0.142. The minimum Gasteiger partial charge on any atom is -0.497 e. The Balaban J connectivity index is 1.77. The van der Waals surface area contributed by atoms with Gasteiger partial charge in [-0.3, -0.25) is 9.59 Å². The standard InChI is InChI=1S/C22H22N2O3/c1-16(25)24-14-6-5-13-22(24)19-7-3-4-8-20(19)23(21(22)26)15-17-9-11-18(27-2)12-10-17/h3-4,6-12,14H,5,13,15H2,1-2H3/t22-/m0/s1. The number of allylic oxidation sites excluding steroid dienone is 1. The number of fused-ring (bicyclic) bond motifs is 2. The number of para-hydroxylation sites is 1. The van der Waals surface area contributed by atoms with Gasteiger partial charge in [-0.15, -0.1) is 0 Å². The molecule has 1 atom stereocenters. The molecule has 5 nitrogen and oxygen atoms in total. The third-order valence-corrected chi connectivity index (χ3v) is 5.42. The highest BCUT2D eigenvalue weighted by atomic mass is 16.5. The molecule has 0 unspecified atom stereocenters. The Morgan fingerprint density at radius 3 is 2.59 bits per heavy atom. The van der Waals surface area contributed by atoms with Crippen LogP contribution in [0.25, 0.3) is 0 Å². The SMILES string of the molecule is COc1ccc(CN2C(=O)[C@]3(CCC=CN3C(C)=O)c3ccccc32)cc1. The number of hydrogen-bond donors (Lipinski definition) is 0. The van der Waals surface area contributed by atoms with Crippen molar-refractivity contribution in [2.24, 2.45) is 0 Å². The van der Waals surface area contributed by atoms with E-state index in [0.29, 0.717) is 13.0 Å². The first-order chi connectivity index (χ1) is 13.1. The van der Waals surface area contributed by atoms with E-state index in [1.807, 2.05) is 54.6 Å². The number of benzene rings is 2. The molecule has 4 rings (SSSR count). The van der Waals surface area contributed by atoms with Gasteiger partial charge >= 0.3 is 0 Å². The van der Waals surface area contributed by atoms with E-state index in [-0.39, 0.29) is 11.8 Å².